The number of carbonyl (C=O) groups is 1. The molecule has 3 aromatic rings. The molecule has 2 aromatic heterocycles. The van der Waals surface area contributed by atoms with Gasteiger partial charge in [0.15, 0.2) is 5.58 Å². The molecule has 0 radical (unpaired) electrons. The molecule has 0 aliphatic rings. The average molecular weight is 531 g/mol. The highest BCUT2D eigenvalue weighted by Crippen LogP contribution is 2.29. The fourth-order valence-electron chi connectivity index (χ4n) is 2.80. The van der Waals surface area contributed by atoms with Crippen LogP contribution in [0.4, 0.5) is 15.9 Å². The van der Waals surface area contributed by atoms with Crippen LogP contribution in [0.25, 0.3) is 11.0 Å². The van der Waals surface area contributed by atoms with Crippen LogP contribution >= 0.6 is 22.6 Å². The van der Waals surface area contributed by atoms with Crippen molar-refractivity contribution in [2.45, 2.75) is 13.0 Å². The first-order valence-electron chi connectivity index (χ1n) is 8.79. The first-order valence-corrected chi connectivity index (χ1v) is 9.87. The molecule has 0 saturated heterocycles. The van der Waals surface area contributed by atoms with Crippen molar-refractivity contribution in [1.29, 1.82) is 0 Å². The van der Waals surface area contributed by atoms with Crippen LogP contribution in [0.1, 0.15) is 16.1 Å². The molecule has 0 aliphatic carbocycles. The van der Waals surface area contributed by atoms with Gasteiger partial charge in [0, 0.05) is 10.6 Å². The quantitative estimate of drug-likeness (QED) is 0.271. The van der Waals surface area contributed by atoms with Gasteiger partial charge >= 0.3 is 0 Å². The lowest BCUT2D eigenvalue weighted by Gasteiger charge is -2.17. The molecule has 11 heteroatoms. The zero-order chi connectivity index (χ0) is 22.0. The fraction of sp³-hybridized carbons (Fsp3) is 0.263. The maximum absolute atomic E-state index is 14.4. The lowest BCUT2D eigenvalue weighted by Crippen LogP contribution is -2.32. The molecule has 160 valence electrons. The van der Waals surface area contributed by atoms with Gasteiger partial charge in [-0.3, -0.25) is 19.0 Å². The van der Waals surface area contributed by atoms with Crippen LogP contribution in [-0.2, 0) is 11.9 Å². The highest BCUT2D eigenvalue weighted by Gasteiger charge is 2.25. The summed E-state index contributed by atoms with van der Waals surface area (Å²) >= 11 is 1.96. The number of aliphatic hydroxyl groups excluding tert-OH is 2. The van der Waals surface area contributed by atoms with Crippen molar-refractivity contribution in [2.75, 3.05) is 18.5 Å². The number of aryl methyl sites for hydroxylation is 1. The van der Waals surface area contributed by atoms with Crippen molar-refractivity contribution in [2.24, 2.45) is 7.05 Å². The number of aliphatic hydroxyl groups is 2. The SMILES string of the molecule is Cc1cc2c(=O)n(C)c(Nc3ccc(I)cc3F)c(C(=O)NOCC(O)CO)c2o1. The van der Waals surface area contributed by atoms with Crippen molar-refractivity contribution >= 4 is 51.0 Å². The van der Waals surface area contributed by atoms with Gasteiger partial charge in [0.2, 0.25) is 0 Å². The van der Waals surface area contributed by atoms with E-state index in [0.717, 1.165) is 0 Å². The van der Waals surface area contributed by atoms with E-state index in [2.05, 4.69) is 10.8 Å². The number of hydrogen-bond donors (Lipinski definition) is 4. The molecule has 0 bridgehead atoms. The number of nitrogens with one attached hydrogen (secondary N) is 2. The minimum Gasteiger partial charge on any atom is -0.460 e. The van der Waals surface area contributed by atoms with E-state index in [9.17, 15) is 19.1 Å². The number of nitrogens with zero attached hydrogens (tertiary/aromatic N) is 1. The molecule has 1 atom stereocenters. The zero-order valence-corrected chi connectivity index (χ0v) is 18.2. The molecule has 4 N–H and O–H groups in total. The van der Waals surface area contributed by atoms with E-state index in [1.54, 1.807) is 13.0 Å². The molecule has 0 spiro atoms. The van der Waals surface area contributed by atoms with Crippen LogP contribution in [0.3, 0.4) is 0 Å². The van der Waals surface area contributed by atoms with Crippen LogP contribution in [0.2, 0.25) is 0 Å². The molecule has 2 heterocycles. The Kier molecular flexibility index (Phi) is 6.75. The Labute approximate surface area is 183 Å². The summed E-state index contributed by atoms with van der Waals surface area (Å²) in [6.45, 7) is 0.722. The summed E-state index contributed by atoms with van der Waals surface area (Å²) in [7, 11) is 1.43. The number of pyridine rings is 1. The molecule has 0 aliphatic heterocycles. The number of aromatic nitrogens is 1. The summed E-state index contributed by atoms with van der Waals surface area (Å²) in [6.07, 6.45) is -1.19. The molecule has 1 unspecified atom stereocenters. The van der Waals surface area contributed by atoms with E-state index >= 15 is 0 Å². The minimum absolute atomic E-state index is 0.00725. The van der Waals surface area contributed by atoms with Gasteiger partial charge < -0.3 is 19.9 Å². The number of hydroxylamine groups is 1. The number of rotatable bonds is 7. The predicted octanol–water partition coefficient (Wildman–Crippen LogP) is 1.94. The van der Waals surface area contributed by atoms with Crippen LogP contribution in [0.15, 0.2) is 33.5 Å². The molecule has 0 saturated carbocycles. The summed E-state index contributed by atoms with van der Waals surface area (Å²) in [4.78, 5) is 30.5. The number of furan rings is 1. The molecule has 9 nitrogen and oxygen atoms in total. The van der Waals surface area contributed by atoms with Crippen molar-refractivity contribution in [3.63, 3.8) is 0 Å². The van der Waals surface area contributed by atoms with Gasteiger partial charge in [-0.1, -0.05) is 0 Å². The molecular formula is C19H19FIN3O6. The smallest absolute Gasteiger partial charge is 0.282 e. The lowest BCUT2D eigenvalue weighted by atomic mass is 10.1. The Morgan fingerprint density at radius 2 is 2.13 bits per heavy atom. The third-order valence-electron chi connectivity index (χ3n) is 4.25. The summed E-state index contributed by atoms with van der Waals surface area (Å²) in [5.41, 5.74) is 1.68. The Hall–Kier alpha value is -2.48. The van der Waals surface area contributed by atoms with Crippen LogP contribution in [0, 0.1) is 16.3 Å². The molecule has 1 amide bonds. The van der Waals surface area contributed by atoms with Gasteiger partial charge in [-0.25, -0.2) is 9.87 Å². The van der Waals surface area contributed by atoms with E-state index in [0.29, 0.717) is 9.33 Å². The topological polar surface area (TPSA) is 126 Å². The van der Waals surface area contributed by atoms with Crippen molar-refractivity contribution in [3.05, 3.63) is 55.3 Å². The maximum Gasteiger partial charge on any atom is 0.282 e. The highest BCUT2D eigenvalue weighted by atomic mass is 127. The number of anilines is 2. The Balaban J connectivity index is 2.10. The van der Waals surface area contributed by atoms with Gasteiger partial charge in [-0.05, 0) is 53.8 Å². The van der Waals surface area contributed by atoms with E-state index < -0.39 is 30.0 Å². The predicted molar refractivity (Wildman–Crippen MR) is 115 cm³/mol. The summed E-state index contributed by atoms with van der Waals surface area (Å²) in [6, 6.07) is 5.95. The van der Waals surface area contributed by atoms with Crippen LogP contribution in [0.5, 0.6) is 0 Å². The maximum atomic E-state index is 14.4. The van der Waals surface area contributed by atoms with Gasteiger partial charge in [0.05, 0.1) is 17.7 Å². The van der Waals surface area contributed by atoms with E-state index in [1.165, 1.54) is 29.8 Å². The highest BCUT2D eigenvalue weighted by molar-refractivity contribution is 14.1. The van der Waals surface area contributed by atoms with E-state index in [4.69, 9.17) is 14.4 Å². The summed E-state index contributed by atoms with van der Waals surface area (Å²) in [5, 5.41) is 21.2. The van der Waals surface area contributed by atoms with E-state index in [-0.39, 0.29) is 34.6 Å². The number of amides is 1. The third-order valence-corrected chi connectivity index (χ3v) is 4.92. The van der Waals surface area contributed by atoms with E-state index in [1.807, 2.05) is 22.6 Å². The van der Waals surface area contributed by atoms with Crippen molar-refractivity contribution in [1.82, 2.24) is 10.0 Å². The van der Waals surface area contributed by atoms with Crippen LogP contribution < -0.4 is 16.4 Å². The first-order chi connectivity index (χ1) is 14.2. The normalized spacial score (nSPS) is 12.2. The summed E-state index contributed by atoms with van der Waals surface area (Å²) < 4.78 is 21.8. The standard InChI is InChI=1S/C19H19FIN3O6/c1-9-5-12-16(30-9)15(18(27)23-29-8-11(26)7-25)17(24(2)19(12)28)22-14-4-3-10(21)6-13(14)20/h3-6,11,22,25-26H,7-8H2,1-2H3,(H,23,27). The molecule has 3 rings (SSSR count). The van der Waals surface area contributed by atoms with Crippen molar-refractivity contribution < 1.29 is 28.7 Å². The Bertz CT molecular complexity index is 1160. The van der Waals surface area contributed by atoms with Gasteiger partial charge in [-0.15, -0.1) is 0 Å². The third kappa shape index (κ3) is 4.48. The molecule has 0 fully saturated rings. The zero-order valence-electron chi connectivity index (χ0n) is 16.0. The number of fused-ring (bicyclic) bond motifs is 1. The number of halogens is 2. The second-order valence-electron chi connectivity index (χ2n) is 6.52. The Morgan fingerprint density at radius 1 is 1.40 bits per heavy atom. The average Bonchev–Trinajstić information content (AvgIpc) is 3.08. The summed E-state index contributed by atoms with van der Waals surface area (Å²) in [5.74, 6) is -0.960. The van der Waals surface area contributed by atoms with Gasteiger partial charge in [-0.2, -0.15) is 0 Å². The van der Waals surface area contributed by atoms with Crippen molar-refractivity contribution in [3.8, 4) is 0 Å². The van der Waals surface area contributed by atoms with Gasteiger partial charge in [0.1, 0.15) is 35.7 Å². The second-order valence-corrected chi connectivity index (χ2v) is 7.76. The minimum atomic E-state index is -1.19. The number of carbonyl (C=O) groups excluding carboxylic acids is 1. The second kappa shape index (κ2) is 9.12. The largest absolute Gasteiger partial charge is 0.460 e. The first kappa shape index (κ1) is 22.2. The number of hydrogen-bond acceptors (Lipinski definition) is 7. The fourth-order valence-corrected chi connectivity index (χ4v) is 3.25. The number of benzene rings is 1. The molecular weight excluding hydrogens is 512 g/mol. The molecule has 30 heavy (non-hydrogen) atoms. The van der Waals surface area contributed by atoms with Crippen LogP contribution in [-0.4, -0.2) is 40.0 Å². The Morgan fingerprint density at radius 3 is 2.80 bits per heavy atom. The van der Waals surface area contributed by atoms with Gasteiger partial charge in [0.25, 0.3) is 11.5 Å². The lowest BCUT2D eigenvalue weighted by molar-refractivity contribution is -0.0294. The molecule has 1 aromatic carbocycles. The monoisotopic (exact) mass is 531 g/mol.